The van der Waals surface area contributed by atoms with Gasteiger partial charge in [0.1, 0.15) is 17.4 Å². The maximum absolute atomic E-state index is 12.0. The molecule has 1 aliphatic rings. The fraction of sp³-hybridized carbons (Fsp3) is 0.250. The van der Waals surface area contributed by atoms with Crippen LogP contribution in [0, 0.1) is 11.3 Å². The number of Topliss-reactive ketones (excluding diaryl/α,β-unsaturated/α-hetero) is 1. The van der Waals surface area contributed by atoms with Crippen LogP contribution in [0.2, 0.25) is 0 Å². The van der Waals surface area contributed by atoms with Gasteiger partial charge in [0.05, 0.1) is 5.92 Å². The van der Waals surface area contributed by atoms with Gasteiger partial charge in [-0.05, 0) is 37.8 Å². The third-order valence-electron chi connectivity index (χ3n) is 3.43. The van der Waals surface area contributed by atoms with Crippen LogP contribution in [0.15, 0.2) is 51.9 Å². The molecule has 1 aromatic rings. The van der Waals surface area contributed by atoms with E-state index in [-0.39, 0.29) is 17.2 Å². The molecule has 1 aliphatic heterocycles. The van der Waals surface area contributed by atoms with E-state index in [0.29, 0.717) is 11.3 Å². The third kappa shape index (κ3) is 2.81. The highest BCUT2D eigenvalue weighted by molar-refractivity contribution is 7.98. The van der Waals surface area contributed by atoms with Gasteiger partial charge in [-0.15, -0.1) is 11.8 Å². The van der Waals surface area contributed by atoms with Crippen LogP contribution in [-0.4, -0.2) is 12.0 Å². The van der Waals surface area contributed by atoms with E-state index in [0.717, 1.165) is 10.5 Å². The first kappa shape index (κ1) is 15.2. The highest BCUT2D eigenvalue weighted by atomic mass is 32.2. The van der Waals surface area contributed by atoms with Crippen LogP contribution in [0.25, 0.3) is 0 Å². The van der Waals surface area contributed by atoms with Crippen LogP contribution in [-0.2, 0) is 9.53 Å². The standard InChI is InChI=1S/C16H16N2O2S/c1-9(19)14-10(2)20-16(18)13(8-17)15(14)11-4-6-12(21-3)7-5-11/h4-7,15H,18H2,1-3H3/t15-/m0/s1. The van der Waals surface area contributed by atoms with E-state index in [1.165, 1.54) is 6.92 Å². The molecule has 0 bridgehead atoms. The molecular formula is C16H16N2O2S. The highest BCUT2D eigenvalue weighted by Gasteiger charge is 2.33. The van der Waals surface area contributed by atoms with Gasteiger partial charge in [0.25, 0.3) is 0 Å². The monoisotopic (exact) mass is 300 g/mol. The molecule has 1 aromatic carbocycles. The van der Waals surface area contributed by atoms with Gasteiger partial charge in [-0.1, -0.05) is 12.1 Å². The number of benzene rings is 1. The Kier molecular flexibility index (Phi) is 4.39. The van der Waals surface area contributed by atoms with Crippen molar-refractivity contribution in [3.8, 4) is 6.07 Å². The minimum atomic E-state index is -0.461. The second-order valence-corrected chi connectivity index (χ2v) is 5.60. The number of nitrogens with zero attached hydrogens (tertiary/aromatic N) is 1. The van der Waals surface area contributed by atoms with E-state index in [9.17, 15) is 10.1 Å². The molecular weight excluding hydrogens is 284 g/mol. The minimum absolute atomic E-state index is 0.0685. The van der Waals surface area contributed by atoms with E-state index >= 15 is 0 Å². The first-order chi connectivity index (χ1) is 9.99. The Labute approximate surface area is 128 Å². The van der Waals surface area contributed by atoms with E-state index in [4.69, 9.17) is 10.5 Å². The Morgan fingerprint density at radius 1 is 1.38 bits per heavy atom. The van der Waals surface area contributed by atoms with Crippen molar-refractivity contribution in [2.24, 2.45) is 5.73 Å². The number of rotatable bonds is 3. The maximum atomic E-state index is 12.0. The summed E-state index contributed by atoms with van der Waals surface area (Å²) in [5.41, 5.74) is 7.44. The van der Waals surface area contributed by atoms with Crippen LogP contribution < -0.4 is 5.73 Å². The van der Waals surface area contributed by atoms with Crippen molar-refractivity contribution < 1.29 is 9.53 Å². The number of hydrogen-bond donors (Lipinski definition) is 1. The summed E-state index contributed by atoms with van der Waals surface area (Å²) < 4.78 is 5.35. The molecule has 5 heteroatoms. The second kappa shape index (κ2) is 6.06. The lowest BCUT2D eigenvalue weighted by molar-refractivity contribution is -0.114. The average molecular weight is 300 g/mol. The SMILES string of the molecule is CSc1ccc([C@H]2C(C#N)=C(N)OC(C)=C2C(C)=O)cc1. The number of nitriles is 1. The van der Waals surface area contributed by atoms with E-state index in [1.807, 2.05) is 30.5 Å². The number of thioether (sulfide) groups is 1. The number of allylic oxidation sites excluding steroid dienone is 3. The zero-order valence-corrected chi connectivity index (χ0v) is 13.0. The molecule has 2 N–H and O–H groups in total. The van der Waals surface area contributed by atoms with Crippen molar-refractivity contribution in [1.29, 1.82) is 5.26 Å². The van der Waals surface area contributed by atoms with Gasteiger partial charge < -0.3 is 10.5 Å². The number of ketones is 1. The molecule has 0 fully saturated rings. The normalized spacial score (nSPS) is 18.3. The van der Waals surface area contributed by atoms with Gasteiger partial charge in [-0.2, -0.15) is 5.26 Å². The molecule has 108 valence electrons. The van der Waals surface area contributed by atoms with Crippen molar-refractivity contribution in [3.05, 3.63) is 52.6 Å². The van der Waals surface area contributed by atoms with Gasteiger partial charge >= 0.3 is 0 Å². The number of carbonyl (C=O) groups excluding carboxylic acids is 1. The molecule has 0 saturated carbocycles. The van der Waals surface area contributed by atoms with Crippen molar-refractivity contribution in [2.45, 2.75) is 24.7 Å². The van der Waals surface area contributed by atoms with Crippen LogP contribution >= 0.6 is 11.8 Å². The van der Waals surface area contributed by atoms with Crippen LogP contribution in [0.4, 0.5) is 0 Å². The van der Waals surface area contributed by atoms with E-state index < -0.39 is 5.92 Å². The third-order valence-corrected chi connectivity index (χ3v) is 4.18. The molecule has 1 heterocycles. The lowest BCUT2D eigenvalue weighted by atomic mass is 9.81. The number of carbonyl (C=O) groups is 1. The first-order valence-corrected chi connectivity index (χ1v) is 7.65. The average Bonchev–Trinajstić information content (AvgIpc) is 2.46. The predicted molar refractivity (Wildman–Crippen MR) is 82.3 cm³/mol. The Morgan fingerprint density at radius 3 is 2.48 bits per heavy atom. The van der Waals surface area contributed by atoms with E-state index in [2.05, 4.69) is 6.07 Å². The summed E-state index contributed by atoms with van der Waals surface area (Å²) in [5.74, 6) is -0.0549. The molecule has 4 nitrogen and oxygen atoms in total. The smallest absolute Gasteiger partial charge is 0.205 e. The first-order valence-electron chi connectivity index (χ1n) is 6.42. The van der Waals surface area contributed by atoms with Gasteiger partial charge in [0.15, 0.2) is 5.78 Å². The van der Waals surface area contributed by atoms with Gasteiger partial charge in [-0.25, -0.2) is 0 Å². The predicted octanol–water partition coefficient (Wildman–Crippen LogP) is 3.08. The molecule has 0 aliphatic carbocycles. The van der Waals surface area contributed by atoms with Crippen molar-refractivity contribution in [3.63, 3.8) is 0 Å². The minimum Gasteiger partial charge on any atom is -0.445 e. The quantitative estimate of drug-likeness (QED) is 0.868. The lowest BCUT2D eigenvalue weighted by Gasteiger charge is -2.26. The topological polar surface area (TPSA) is 76.1 Å². The van der Waals surface area contributed by atoms with E-state index in [1.54, 1.807) is 18.7 Å². The Morgan fingerprint density at radius 2 is 2.00 bits per heavy atom. The summed E-state index contributed by atoms with van der Waals surface area (Å²) in [6.45, 7) is 3.17. The molecule has 21 heavy (non-hydrogen) atoms. The summed E-state index contributed by atoms with van der Waals surface area (Å²) in [7, 11) is 0. The maximum Gasteiger partial charge on any atom is 0.205 e. The summed E-state index contributed by atoms with van der Waals surface area (Å²) in [4.78, 5) is 13.1. The summed E-state index contributed by atoms with van der Waals surface area (Å²) >= 11 is 1.63. The van der Waals surface area contributed by atoms with Gasteiger partial charge in [0, 0.05) is 10.5 Å². The zero-order chi connectivity index (χ0) is 15.6. The molecule has 0 saturated heterocycles. The molecule has 1 atom stereocenters. The second-order valence-electron chi connectivity index (χ2n) is 4.72. The molecule has 2 rings (SSSR count). The van der Waals surface area contributed by atoms with Gasteiger partial charge in [-0.3, -0.25) is 4.79 Å². The van der Waals surface area contributed by atoms with Gasteiger partial charge in [0.2, 0.25) is 5.88 Å². The molecule has 0 amide bonds. The van der Waals surface area contributed by atoms with Crippen molar-refractivity contribution in [2.75, 3.05) is 6.26 Å². The van der Waals surface area contributed by atoms with Crippen LogP contribution in [0.5, 0.6) is 0 Å². The summed E-state index contributed by atoms with van der Waals surface area (Å²) in [6, 6.07) is 9.84. The molecule has 0 radical (unpaired) electrons. The number of ether oxygens (including phenoxy) is 1. The van der Waals surface area contributed by atoms with Crippen molar-refractivity contribution >= 4 is 17.5 Å². The Bertz CT molecular complexity index is 681. The zero-order valence-electron chi connectivity index (χ0n) is 12.1. The molecule has 0 aromatic heterocycles. The largest absolute Gasteiger partial charge is 0.445 e. The molecule has 0 unspecified atom stereocenters. The Balaban J connectivity index is 2.59. The summed E-state index contributed by atoms with van der Waals surface area (Å²) in [5, 5.41) is 9.37. The molecule has 0 spiro atoms. The fourth-order valence-corrected chi connectivity index (χ4v) is 2.87. The van der Waals surface area contributed by atoms with Crippen LogP contribution in [0.1, 0.15) is 25.3 Å². The summed E-state index contributed by atoms with van der Waals surface area (Å²) in [6.07, 6.45) is 1.99. The Hall–Kier alpha value is -2.19. The van der Waals surface area contributed by atoms with Crippen molar-refractivity contribution in [1.82, 2.24) is 0 Å². The lowest BCUT2D eigenvalue weighted by Crippen LogP contribution is -2.23. The number of nitrogens with two attached hydrogens (primary N) is 1. The number of hydrogen-bond acceptors (Lipinski definition) is 5. The van der Waals surface area contributed by atoms with Crippen LogP contribution in [0.3, 0.4) is 0 Å². The fourth-order valence-electron chi connectivity index (χ4n) is 2.47. The highest BCUT2D eigenvalue weighted by Crippen LogP contribution is 2.39.